The van der Waals surface area contributed by atoms with Gasteiger partial charge in [0, 0.05) is 6.42 Å². The first-order valence-electron chi connectivity index (χ1n) is 10.4. The number of aryl methyl sites for hydroxylation is 2. The molecule has 1 aromatic rings. The van der Waals surface area contributed by atoms with Gasteiger partial charge in [0.15, 0.2) is 0 Å². The third-order valence-electron chi connectivity index (χ3n) is 4.87. The van der Waals surface area contributed by atoms with Gasteiger partial charge < -0.3 is 0 Å². The van der Waals surface area contributed by atoms with Crippen LogP contribution in [0.5, 0.6) is 0 Å². The molecule has 0 amide bonds. The van der Waals surface area contributed by atoms with Gasteiger partial charge in [-0.2, -0.15) is 0 Å². The quantitative estimate of drug-likeness (QED) is 0.270. The molecule has 0 spiro atoms. The minimum Gasteiger partial charge on any atom is -0.248 e. The Hall–Kier alpha value is -0.790. The number of hydrogen-bond donors (Lipinski definition) is 1. The van der Waals surface area contributed by atoms with Gasteiger partial charge in [-0.15, -0.1) is 0 Å². The average molecular weight is 322 g/mol. The molecule has 0 saturated heterocycles. The molecule has 1 heterocycles. The van der Waals surface area contributed by atoms with Crippen LogP contribution < -0.4 is 4.57 Å². The van der Waals surface area contributed by atoms with Crippen LogP contribution in [0, 0.1) is 0 Å². The lowest BCUT2D eigenvalue weighted by molar-refractivity contribution is -0.703. The summed E-state index contributed by atoms with van der Waals surface area (Å²) in [5.41, 5.74) is 0. The minimum atomic E-state index is 1.20. The number of nitrogens with one attached hydrogen (secondary N) is 1. The fraction of sp³-hybridized carbons (Fsp3) is 0.857. The molecule has 23 heavy (non-hydrogen) atoms. The van der Waals surface area contributed by atoms with E-state index in [0.717, 1.165) is 0 Å². The zero-order valence-electron chi connectivity index (χ0n) is 15.9. The summed E-state index contributed by atoms with van der Waals surface area (Å²) in [4.78, 5) is 3.45. The predicted octanol–water partition coefficient (Wildman–Crippen LogP) is 6.35. The molecule has 134 valence electrons. The van der Waals surface area contributed by atoms with E-state index in [4.69, 9.17) is 0 Å². The topological polar surface area (TPSA) is 19.7 Å². The fourth-order valence-electron chi connectivity index (χ4n) is 3.31. The molecule has 1 N–H and O–H groups in total. The summed E-state index contributed by atoms with van der Waals surface area (Å²) in [6.45, 7) is 5.77. The van der Waals surface area contributed by atoms with Gasteiger partial charge in [0.2, 0.25) is 0 Å². The zero-order chi connectivity index (χ0) is 16.6. The molecule has 0 aliphatic rings. The van der Waals surface area contributed by atoms with Crippen LogP contribution in [0.15, 0.2) is 12.4 Å². The number of hydrogen-bond acceptors (Lipinski definition) is 0. The van der Waals surface area contributed by atoms with E-state index in [-0.39, 0.29) is 0 Å². The van der Waals surface area contributed by atoms with Crippen LogP contribution in [0.2, 0.25) is 0 Å². The Balaban J connectivity index is 2.04. The van der Waals surface area contributed by atoms with Crippen molar-refractivity contribution in [3.8, 4) is 0 Å². The maximum atomic E-state index is 3.45. The number of aromatic nitrogens is 2. The molecule has 1 aromatic heterocycles. The highest BCUT2D eigenvalue weighted by molar-refractivity contribution is 4.77. The van der Waals surface area contributed by atoms with Crippen molar-refractivity contribution in [2.24, 2.45) is 0 Å². The van der Waals surface area contributed by atoms with E-state index >= 15 is 0 Å². The summed E-state index contributed by atoms with van der Waals surface area (Å²) in [6.07, 6.45) is 25.1. The van der Waals surface area contributed by atoms with Crippen molar-refractivity contribution in [1.82, 2.24) is 4.98 Å². The van der Waals surface area contributed by atoms with Crippen molar-refractivity contribution in [2.45, 2.75) is 117 Å². The highest BCUT2D eigenvalue weighted by Crippen LogP contribution is 2.09. The average Bonchev–Trinajstić information content (AvgIpc) is 3.00. The Morgan fingerprint density at radius 1 is 0.696 bits per heavy atom. The smallest absolute Gasteiger partial charge is 0.248 e. The van der Waals surface area contributed by atoms with Gasteiger partial charge in [-0.05, 0) is 19.3 Å². The van der Waals surface area contributed by atoms with E-state index in [1.54, 1.807) is 0 Å². The van der Waals surface area contributed by atoms with Gasteiger partial charge >= 0.3 is 0 Å². The van der Waals surface area contributed by atoms with E-state index in [2.05, 4.69) is 35.8 Å². The van der Waals surface area contributed by atoms with Crippen LogP contribution >= 0.6 is 0 Å². The molecular weight excluding hydrogens is 280 g/mol. The summed E-state index contributed by atoms with van der Waals surface area (Å²) < 4.78 is 2.45. The predicted molar refractivity (Wildman–Crippen MR) is 101 cm³/mol. The van der Waals surface area contributed by atoms with Crippen LogP contribution in [0.4, 0.5) is 0 Å². The number of aromatic amines is 1. The van der Waals surface area contributed by atoms with E-state index in [9.17, 15) is 0 Å². The number of rotatable bonds is 16. The van der Waals surface area contributed by atoms with Gasteiger partial charge in [0.05, 0.1) is 6.54 Å². The summed E-state index contributed by atoms with van der Waals surface area (Å²) in [6, 6.07) is 0. The Morgan fingerprint density at radius 2 is 1.22 bits per heavy atom. The second-order valence-electron chi connectivity index (χ2n) is 7.09. The first kappa shape index (κ1) is 20.3. The second kappa shape index (κ2) is 14.8. The number of nitrogens with zero attached hydrogens (tertiary/aromatic N) is 1. The molecular formula is C21H41N2+. The van der Waals surface area contributed by atoms with E-state index in [0.29, 0.717) is 0 Å². The van der Waals surface area contributed by atoms with Crippen LogP contribution in [0.1, 0.15) is 110 Å². The molecule has 0 saturated carbocycles. The fourth-order valence-corrected chi connectivity index (χ4v) is 3.31. The van der Waals surface area contributed by atoms with Crippen molar-refractivity contribution in [2.75, 3.05) is 0 Å². The molecule has 0 radical (unpaired) electrons. The second-order valence-corrected chi connectivity index (χ2v) is 7.09. The Kier molecular flexibility index (Phi) is 13.0. The highest BCUT2D eigenvalue weighted by atomic mass is 15.1. The third-order valence-corrected chi connectivity index (χ3v) is 4.87. The lowest BCUT2D eigenvalue weighted by atomic mass is 10.1. The molecule has 0 aliphatic heterocycles. The van der Waals surface area contributed by atoms with E-state index in [1.165, 1.54) is 109 Å². The van der Waals surface area contributed by atoms with Gasteiger partial charge in [-0.25, -0.2) is 9.55 Å². The Morgan fingerprint density at radius 3 is 1.83 bits per heavy atom. The van der Waals surface area contributed by atoms with Gasteiger partial charge in [-0.1, -0.05) is 84.5 Å². The molecule has 1 rings (SSSR count). The van der Waals surface area contributed by atoms with Crippen molar-refractivity contribution >= 4 is 0 Å². The normalized spacial score (nSPS) is 11.2. The van der Waals surface area contributed by atoms with Crippen LogP contribution in [-0.4, -0.2) is 4.98 Å². The standard InChI is InChI=1S/C21H40N2/c1-3-5-7-9-11-13-15-17-21-22-18-20-23(21)19-16-14-12-10-8-6-4-2/h18,20H,3-17,19H2,1-2H3/p+1. The minimum absolute atomic E-state index is 1.20. The lowest BCUT2D eigenvalue weighted by Crippen LogP contribution is -2.36. The van der Waals surface area contributed by atoms with Crippen molar-refractivity contribution < 1.29 is 4.57 Å². The molecule has 0 aromatic carbocycles. The molecule has 2 heteroatoms. The van der Waals surface area contributed by atoms with Crippen molar-refractivity contribution in [3.63, 3.8) is 0 Å². The van der Waals surface area contributed by atoms with Crippen molar-refractivity contribution in [1.29, 1.82) is 0 Å². The largest absolute Gasteiger partial charge is 0.254 e. The summed E-state index contributed by atoms with van der Waals surface area (Å²) in [7, 11) is 0. The maximum absolute atomic E-state index is 3.45. The molecule has 0 fully saturated rings. The highest BCUT2D eigenvalue weighted by Gasteiger charge is 2.09. The summed E-state index contributed by atoms with van der Waals surface area (Å²) in [5, 5.41) is 0. The van der Waals surface area contributed by atoms with Crippen molar-refractivity contribution in [3.05, 3.63) is 18.2 Å². The number of imidazole rings is 1. The third kappa shape index (κ3) is 10.6. The van der Waals surface area contributed by atoms with Crippen LogP contribution in [0.3, 0.4) is 0 Å². The zero-order valence-corrected chi connectivity index (χ0v) is 15.9. The SMILES string of the molecule is CCCCCCCCCc1[nH]cc[n+]1CCCCCCCCC. The van der Waals surface area contributed by atoms with E-state index < -0.39 is 0 Å². The summed E-state index contributed by atoms with van der Waals surface area (Å²) in [5.74, 6) is 1.43. The van der Waals surface area contributed by atoms with Crippen LogP contribution in [0.25, 0.3) is 0 Å². The molecule has 2 nitrogen and oxygen atoms in total. The molecule has 0 aliphatic carbocycles. The molecule has 0 unspecified atom stereocenters. The monoisotopic (exact) mass is 321 g/mol. The van der Waals surface area contributed by atoms with Crippen LogP contribution in [-0.2, 0) is 13.0 Å². The molecule has 0 atom stereocenters. The first-order valence-corrected chi connectivity index (χ1v) is 10.4. The maximum Gasteiger partial charge on any atom is 0.254 e. The Bertz CT molecular complexity index is 324. The number of unbranched alkanes of at least 4 members (excludes halogenated alkanes) is 12. The first-order chi connectivity index (χ1) is 11.4. The lowest BCUT2D eigenvalue weighted by Gasteiger charge is -2.03. The van der Waals surface area contributed by atoms with Gasteiger partial charge in [0.1, 0.15) is 12.4 Å². The summed E-state index contributed by atoms with van der Waals surface area (Å²) >= 11 is 0. The van der Waals surface area contributed by atoms with Gasteiger partial charge in [-0.3, -0.25) is 0 Å². The van der Waals surface area contributed by atoms with Gasteiger partial charge in [0.25, 0.3) is 5.82 Å². The molecule has 0 bridgehead atoms. The number of H-pyrrole nitrogens is 1. The Labute approximate surface area is 145 Å². The van der Waals surface area contributed by atoms with E-state index in [1.807, 2.05) is 0 Å².